The zero-order valence-corrected chi connectivity index (χ0v) is 20.8. The summed E-state index contributed by atoms with van der Waals surface area (Å²) < 4.78 is 18.6. The van der Waals surface area contributed by atoms with Crippen molar-refractivity contribution >= 4 is 21.4 Å². The van der Waals surface area contributed by atoms with E-state index in [9.17, 15) is 0 Å². The van der Waals surface area contributed by atoms with Gasteiger partial charge < -0.3 is 13.7 Å². The van der Waals surface area contributed by atoms with Crippen molar-refractivity contribution < 1.29 is 13.7 Å². The van der Waals surface area contributed by atoms with Gasteiger partial charge in [0.15, 0.2) is 0 Å². The van der Waals surface area contributed by atoms with E-state index in [1.807, 2.05) is 0 Å². The van der Waals surface area contributed by atoms with Crippen molar-refractivity contribution in [1.82, 2.24) is 0 Å². The average molecular weight is 420 g/mol. The number of unbranched alkanes of at least 4 members (excludes halogenated alkanes) is 15. The van der Waals surface area contributed by atoms with Crippen LogP contribution in [-0.4, -0.2) is 21.4 Å². The molecule has 1 rings (SSSR count). The van der Waals surface area contributed by atoms with Crippen LogP contribution in [-0.2, 0) is 13.7 Å². The molecule has 0 aliphatic carbocycles. The van der Waals surface area contributed by atoms with E-state index in [1.165, 1.54) is 116 Å². The molecular weight excluding hydrogens is 369 g/mol. The fourth-order valence-corrected chi connectivity index (χ4v) is 4.29. The van der Waals surface area contributed by atoms with Gasteiger partial charge in [-0.1, -0.05) is 136 Å². The standard InChI is InChI=1S/C24H51B3O3/c1-4-7-10-13-16-19-22-25-28-26(23-20-17-14-11-8-5-2)30-27(29-25)24-21-18-15-12-9-6-3/h4-24H2,1-3H3. The van der Waals surface area contributed by atoms with E-state index in [0.29, 0.717) is 0 Å². The fraction of sp³-hybridized carbons (Fsp3) is 1.00. The summed E-state index contributed by atoms with van der Waals surface area (Å²) in [7, 11) is -0.166. The van der Waals surface area contributed by atoms with Crippen LogP contribution in [0.1, 0.15) is 136 Å². The quantitative estimate of drug-likeness (QED) is 0.138. The molecule has 3 nitrogen and oxygen atoms in total. The second-order valence-electron chi connectivity index (χ2n) is 9.37. The van der Waals surface area contributed by atoms with Gasteiger partial charge in [-0.25, -0.2) is 0 Å². The van der Waals surface area contributed by atoms with Crippen LogP contribution in [0.2, 0.25) is 19.0 Å². The van der Waals surface area contributed by atoms with Gasteiger partial charge in [0.2, 0.25) is 0 Å². The smallest absolute Gasteiger partial charge is 0.429 e. The van der Waals surface area contributed by atoms with Gasteiger partial charge in [-0.15, -0.1) is 0 Å². The van der Waals surface area contributed by atoms with E-state index >= 15 is 0 Å². The highest BCUT2D eigenvalue weighted by atomic mass is 16.7. The summed E-state index contributed by atoms with van der Waals surface area (Å²) in [5.41, 5.74) is 0. The maximum absolute atomic E-state index is 6.19. The number of hydrogen-bond donors (Lipinski definition) is 0. The van der Waals surface area contributed by atoms with Crippen molar-refractivity contribution in [1.29, 1.82) is 0 Å². The summed E-state index contributed by atoms with van der Waals surface area (Å²) in [6.45, 7) is 6.83. The van der Waals surface area contributed by atoms with Gasteiger partial charge in [0.25, 0.3) is 0 Å². The minimum absolute atomic E-state index is 0.0555. The predicted octanol–water partition coefficient (Wildman–Crippen LogP) is 8.60. The third-order valence-corrected chi connectivity index (χ3v) is 6.29. The van der Waals surface area contributed by atoms with Crippen LogP contribution in [0.4, 0.5) is 0 Å². The lowest BCUT2D eigenvalue weighted by atomic mass is 9.64. The van der Waals surface area contributed by atoms with Crippen LogP contribution in [0.5, 0.6) is 0 Å². The monoisotopic (exact) mass is 420 g/mol. The molecule has 1 saturated heterocycles. The topological polar surface area (TPSA) is 27.7 Å². The number of hydrogen-bond acceptors (Lipinski definition) is 3. The zero-order chi connectivity index (χ0) is 21.7. The van der Waals surface area contributed by atoms with Crippen molar-refractivity contribution in [2.45, 2.75) is 155 Å². The first-order valence-corrected chi connectivity index (χ1v) is 13.8. The molecule has 0 aromatic heterocycles. The minimum atomic E-state index is -0.0555. The van der Waals surface area contributed by atoms with Crippen molar-refractivity contribution in [3.05, 3.63) is 0 Å². The second kappa shape index (κ2) is 20.9. The zero-order valence-electron chi connectivity index (χ0n) is 20.8. The van der Waals surface area contributed by atoms with Crippen molar-refractivity contribution in [3.8, 4) is 0 Å². The lowest BCUT2D eigenvalue weighted by molar-refractivity contribution is 0.275. The van der Waals surface area contributed by atoms with Crippen molar-refractivity contribution in [3.63, 3.8) is 0 Å². The van der Waals surface area contributed by atoms with Gasteiger partial charge in [-0.2, -0.15) is 0 Å². The van der Waals surface area contributed by atoms with Gasteiger partial charge in [-0.3, -0.25) is 0 Å². The first-order chi connectivity index (χ1) is 14.8. The summed E-state index contributed by atoms with van der Waals surface area (Å²) in [5, 5.41) is 0. The third-order valence-electron chi connectivity index (χ3n) is 6.29. The Morgan fingerprint density at radius 3 is 0.833 bits per heavy atom. The Morgan fingerprint density at radius 2 is 0.567 bits per heavy atom. The molecule has 1 aliphatic rings. The minimum Gasteiger partial charge on any atom is -0.453 e. The molecule has 1 heterocycles. The predicted molar refractivity (Wildman–Crippen MR) is 135 cm³/mol. The Kier molecular flexibility index (Phi) is 19.6. The van der Waals surface area contributed by atoms with Crippen LogP contribution in [0.15, 0.2) is 0 Å². The molecule has 0 spiro atoms. The Labute approximate surface area is 190 Å². The molecule has 0 N–H and O–H groups in total. The van der Waals surface area contributed by atoms with E-state index in [2.05, 4.69) is 20.8 Å². The first kappa shape index (κ1) is 28.1. The molecule has 0 unspecified atom stereocenters. The van der Waals surface area contributed by atoms with Gasteiger partial charge in [0.05, 0.1) is 0 Å². The van der Waals surface area contributed by atoms with Crippen LogP contribution < -0.4 is 0 Å². The molecule has 0 aromatic rings. The average Bonchev–Trinajstić information content (AvgIpc) is 2.75. The summed E-state index contributed by atoms with van der Waals surface area (Å²) in [5.74, 6) is 0. The summed E-state index contributed by atoms with van der Waals surface area (Å²) in [6, 6.07) is 0. The molecular formula is C24H51B3O3. The van der Waals surface area contributed by atoms with Gasteiger partial charge in [0, 0.05) is 0 Å². The molecule has 174 valence electrons. The Morgan fingerprint density at radius 1 is 0.333 bits per heavy atom. The summed E-state index contributed by atoms with van der Waals surface area (Å²) >= 11 is 0. The van der Waals surface area contributed by atoms with Crippen LogP contribution in [0.3, 0.4) is 0 Å². The van der Waals surface area contributed by atoms with Crippen molar-refractivity contribution in [2.24, 2.45) is 0 Å². The third kappa shape index (κ3) is 15.8. The van der Waals surface area contributed by atoms with Crippen molar-refractivity contribution in [2.75, 3.05) is 0 Å². The Bertz CT molecular complexity index is 302. The Hall–Kier alpha value is 0.0748. The van der Waals surface area contributed by atoms with Crippen LogP contribution in [0, 0.1) is 0 Å². The summed E-state index contributed by atoms with van der Waals surface area (Å²) in [4.78, 5) is 0. The van der Waals surface area contributed by atoms with E-state index in [0.717, 1.165) is 19.0 Å². The SMILES string of the molecule is CCCCCCCCB1OB(CCCCCCCC)OB(CCCCCCCC)O1. The molecule has 0 bridgehead atoms. The van der Waals surface area contributed by atoms with Gasteiger partial charge >= 0.3 is 21.4 Å². The van der Waals surface area contributed by atoms with Gasteiger partial charge in [-0.05, 0) is 19.0 Å². The van der Waals surface area contributed by atoms with Crippen LogP contribution >= 0.6 is 0 Å². The molecule has 0 radical (unpaired) electrons. The van der Waals surface area contributed by atoms with E-state index < -0.39 is 0 Å². The number of rotatable bonds is 21. The highest BCUT2D eigenvalue weighted by molar-refractivity contribution is 6.73. The largest absolute Gasteiger partial charge is 0.453 e. The fourth-order valence-electron chi connectivity index (χ4n) is 4.29. The van der Waals surface area contributed by atoms with Gasteiger partial charge in [0.1, 0.15) is 0 Å². The molecule has 30 heavy (non-hydrogen) atoms. The lowest BCUT2D eigenvalue weighted by Gasteiger charge is -2.31. The molecule has 0 aromatic carbocycles. The summed E-state index contributed by atoms with van der Waals surface area (Å²) in [6.07, 6.45) is 26.8. The molecule has 0 amide bonds. The Balaban J connectivity index is 2.29. The van der Waals surface area contributed by atoms with E-state index in [4.69, 9.17) is 13.7 Å². The molecule has 0 atom stereocenters. The normalized spacial score (nSPS) is 14.7. The lowest BCUT2D eigenvalue weighted by Crippen LogP contribution is -2.48. The highest BCUT2D eigenvalue weighted by Gasteiger charge is 2.39. The maximum atomic E-state index is 6.19. The molecule has 6 heteroatoms. The van der Waals surface area contributed by atoms with E-state index in [1.54, 1.807) is 0 Å². The van der Waals surface area contributed by atoms with Crippen LogP contribution in [0.25, 0.3) is 0 Å². The second-order valence-corrected chi connectivity index (χ2v) is 9.37. The maximum Gasteiger partial charge on any atom is 0.429 e. The molecule has 1 fully saturated rings. The molecule has 1 aliphatic heterocycles. The molecule has 0 saturated carbocycles. The van der Waals surface area contributed by atoms with E-state index in [-0.39, 0.29) is 21.4 Å². The highest BCUT2D eigenvalue weighted by Crippen LogP contribution is 2.22. The first-order valence-electron chi connectivity index (χ1n) is 13.8.